The normalized spacial score (nSPS) is 21.8. The summed E-state index contributed by atoms with van der Waals surface area (Å²) in [6.07, 6.45) is 1.80. The van der Waals surface area contributed by atoms with E-state index in [1.54, 1.807) is 22.7 Å². The van der Waals surface area contributed by atoms with Crippen molar-refractivity contribution in [3.05, 3.63) is 21.9 Å². The van der Waals surface area contributed by atoms with Crippen LogP contribution in [-0.2, 0) is 4.79 Å². The van der Waals surface area contributed by atoms with Gasteiger partial charge in [0.25, 0.3) is 0 Å². The van der Waals surface area contributed by atoms with Crippen molar-refractivity contribution in [2.75, 3.05) is 11.9 Å². The van der Waals surface area contributed by atoms with Gasteiger partial charge >= 0.3 is 0 Å². The zero-order valence-electron chi connectivity index (χ0n) is 13.1. The summed E-state index contributed by atoms with van der Waals surface area (Å²) in [7, 11) is 0. The number of thiazole rings is 1. The molecule has 0 unspecified atom stereocenters. The molecule has 2 aromatic rings. The van der Waals surface area contributed by atoms with Crippen LogP contribution in [-0.4, -0.2) is 23.5 Å². The maximum atomic E-state index is 12.4. The summed E-state index contributed by atoms with van der Waals surface area (Å²) in [6.45, 7) is 7.20. The molecule has 0 radical (unpaired) electrons. The van der Waals surface area contributed by atoms with Crippen molar-refractivity contribution >= 4 is 33.7 Å². The van der Waals surface area contributed by atoms with Gasteiger partial charge in [0, 0.05) is 21.7 Å². The van der Waals surface area contributed by atoms with Crippen molar-refractivity contribution in [2.45, 2.75) is 39.7 Å². The van der Waals surface area contributed by atoms with E-state index in [0.29, 0.717) is 6.04 Å². The van der Waals surface area contributed by atoms with Gasteiger partial charge in [0.15, 0.2) is 5.13 Å². The second-order valence-electron chi connectivity index (χ2n) is 5.90. The van der Waals surface area contributed by atoms with Crippen LogP contribution >= 0.6 is 22.7 Å². The van der Waals surface area contributed by atoms with Crippen molar-refractivity contribution in [1.82, 2.24) is 10.3 Å². The summed E-state index contributed by atoms with van der Waals surface area (Å²) in [5.41, 5.74) is 0.997. The van der Waals surface area contributed by atoms with Crippen LogP contribution in [0.25, 0.3) is 10.6 Å². The van der Waals surface area contributed by atoms with Crippen LogP contribution in [0.3, 0.4) is 0 Å². The van der Waals surface area contributed by atoms with Gasteiger partial charge in [-0.15, -0.1) is 22.7 Å². The third kappa shape index (κ3) is 3.39. The highest BCUT2D eigenvalue weighted by molar-refractivity contribution is 7.18. The third-order valence-corrected chi connectivity index (χ3v) is 5.89. The Labute approximate surface area is 139 Å². The van der Waals surface area contributed by atoms with Crippen molar-refractivity contribution in [2.24, 2.45) is 5.92 Å². The van der Waals surface area contributed by atoms with Gasteiger partial charge in [0.2, 0.25) is 5.91 Å². The number of carbonyl (C=O) groups is 1. The molecule has 2 N–H and O–H groups in total. The van der Waals surface area contributed by atoms with E-state index in [2.05, 4.69) is 48.5 Å². The smallest absolute Gasteiger partial charge is 0.229 e. The highest BCUT2D eigenvalue weighted by Gasteiger charge is 2.25. The van der Waals surface area contributed by atoms with E-state index in [1.807, 2.05) is 0 Å². The van der Waals surface area contributed by atoms with E-state index in [4.69, 9.17) is 0 Å². The highest BCUT2D eigenvalue weighted by atomic mass is 32.1. The molecule has 0 saturated carbocycles. The number of hydrogen-bond donors (Lipinski definition) is 2. The number of amides is 1. The summed E-state index contributed by atoms with van der Waals surface area (Å²) in [4.78, 5) is 20.6. The largest absolute Gasteiger partial charge is 0.314 e. The minimum absolute atomic E-state index is 0.0906. The zero-order valence-corrected chi connectivity index (χ0v) is 14.7. The van der Waals surface area contributed by atoms with Gasteiger partial charge in [-0.05, 0) is 52.3 Å². The fourth-order valence-electron chi connectivity index (χ4n) is 2.82. The number of aryl methyl sites for hydroxylation is 2. The van der Waals surface area contributed by atoms with Gasteiger partial charge in [0.05, 0.1) is 10.6 Å². The lowest BCUT2D eigenvalue weighted by Gasteiger charge is -2.26. The Morgan fingerprint density at radius 1 is 1.36 bits per heavy atom. The van der Waals surface area contributed by atoms with Crippen LogP contribution in [0.4, 0.5) is 5.13 Å². The first-order valence-corrected chi connectivity index (χ1v) is 9.24. The highest BCUT2D eigenvalue weighted by Crippen LogP contribution is 2.34. The molecule has 118 valence electrons. The van der Waals surface area contributed by atoms with Crippen LogP contribution in [0.2, 0.25) is 0 Å². The molecule has 4 nitrogen and oxygen atoms in total. The molecule has 0 aliphatic carbocycles. The zero-order chi connectivity index (χ0) is 15.7. The van der Waals surface area contributed by atoms with Gasteiger partial charge in [-0.3, -0.25) is 4.79 Å². The van der Waals surface area contributed by atoms with E-state index in [0.717, 1.165) is 35.1 Å². The number of hydrogen-bond acceptors (Lipinski definition) is 5. The summed E-state index contributed by atoms with van der Waals surface area (Å²) in [6, 6.07) is 4.61. The maximum Gasteiger partial charge on any atom is 0.229 e. The standard InChI is InChI=1S/C16H21N3OS2/c1-9-8-12(6-7-17-9)15(20)19-16-18-14(11(3)22-16)13-5-4-10(2)21-13/h4-5,9,12,17H,6-8H2,1-3H3,(H,18,19,20)/t9-,12-/m0/s1. The van der Waals surface area contributed by atoms with E-state index in [-0.39, 0.29) is 11.8 Å². The first-order chi connectivity index (χ1) is 10.5. The number of aromatic nitrogens is 1. The maximum absolute atomic E-state index is 12.4. The second kappa shape index (κ2) is 6.48. The Bertz CT molecular complexity index is 677. The van der Waals surface area contributed by atoms with Gasteiger partial charge in [-0.25, -0.2) is 4.98 Å². The Kier molecular flexibility index (Phi) is 4.61. The minimum Gasteiger partial charge on any atom is -0.314 e. The van der Waals surface area contributed by atoms with Crippen molar-refractivity contribution in [3.8, 4) is 10.6 Å². The topological polar surface area (TPSA) is 54.0 Å². The van der Waals surface area contributed by atoms with Crippen LogP contribution in [0.15, 0.2) is 12.1 Å². The molecule has 0 spiro atoms. The molecule has 0 aromatic carbocycles. The SMILES string of the molecule is Cc1ccc(-c2nc(NC(=O)[C@H]3CCN[C@@H](C)C3)sc2C)s1. The molecule has 22 heavy (non-hydrogen) atoms. The fraction of sp³-hybridized carbons (Fsp3) is 0.500. The number of piperidine rings is 1. The Balaban J connectivity index is 1.72. The van der Waals surface area contributed by atoms with Gasteiger partial charge in [0.1, 0.15) is 0 Å². The number of nitrogens with one attached hydrogen (secondary N) is 2. The molecule has 1 fully saturated rings. The van der Waals surface area contributed by atoms with Gasteiger partial charge in [-0.1, -0.05) is 0 Å². The van der Waals surface area contributed by atoms with E-state index in [9.17, 15) is 4.79 Å². The van der Waals surface area contributed by atoms with Crippen LogP contribution in [0.5, 0.6) is 0 Å². The lowest BCUT2D eigenvalue weighted by Crippen LogP contribution is -2.40. The molecule has 1 saturated heterocycles. The number of carbonyl (C=O) groups excluding carboxylic acids is 1. The fourth-order valence-corrected chi connectivity index (χ4v) is 4.63. The molecule has 0 bridgehead atoms. The van der Waals surface area contributed by atoms with Crippen LogP contribution < -0.4 is 10.6 Å². The monoisotopic (exact) mass is 335 g/mol. The quantitative estimate of drug-likeness (QED) is 0.896. The summed E-state index contributed by atoms with van der Waals surface area (Å²) in [5.74, 6) is 0.198. The van der Waals surface area contributed by atoms with Crippen molar-refractivity contribution < 1.29 is 4.79 Å². The first kappa shape index (κ1) is 15.6. The molecule has 1 aliphatic heterocycles. The average Bonchev–Trinajstić information content (AvgIpc) is 3.05. The lowest BCUT2D eigenvalue weighted by molar-refractivity contribution is -0.120. The van der Waals surface area contributed by atoms with Gasteiger partial charge < -0.3 is 10.6 Å². The Morgan fingerprint density at radius 2 is 2.18 bits per heavy atom. The number of anilines is 1. The van der Waals surface area contributed by atoms with E-state index in [1.165, 1.54) is 9.75 Å². The number of thiophene rings is 1. The van der Waals surface area contributed by atoms with E-state index < -0.39 is 0 Å². The molecule has 3 heterocycles. The lowest BCUT2D eigenvalue weighted by atomic mass is 9.92. The van der Waals surface area contributed by atoms with E-state index >= 15 is 0 Å². The predicted molar refractivity (Wildman–Crippen MR) is 93.7 cm³/mol. The summed E-state index contributed by atoms with van der Waals surface area (Å²) < 4.78 is 0. The molecule has 1 amide bonds. The molecule has 6 heteroatoms. The minimum atomic E-state index is 0.0906. The second-order valence-corrected chi connectivity index (χ2v) is 8.39. The predicted octanol–water partition coefficient (Wildman–Crippen LogP) is 3.82. The average molecular weight is 335 g/mol. The molecule has 2 atom stereocenters. The summed E-state index contributed by atoms with van der Waals surface area (Å²) in [5, 5.41) is 7.11. The molecular formula is C16H21N3OS2. The molecular weight excluding hydrogens is 314 g/mol. The van der Waals surface area contributed by atoms with Crippen LogP contribution in [0, 0.1) is 19.8 Å². The summed E-state index contributed by atoms with van der Waals surface area (Å²) >= 11 is 3.30. The van der Waals surface area contributed by atoms with Crippen LogP contribution in [0.1, 0.15) is 29.5 Å². The Morgan fingerprint density at radius 3 is 2.86 bits per heavy atom. The molecule has 1 aliphatic rings. The van der Waals surface area contributed by atoms with Crippen molar-refractivity contribution in [3.63, 3.8) is 0 Å². The first-order valence-electron chi connectivity index (χ1n) is 7.61. The molecule has 2 aromatic heterocycles. The molecule has 3 rings (SSSR count). The van der Waals surface area contributed by atoms with Gasteiger partial charge in [-0.2, -0.15) is 0 Å². The number of nitrogens with zero attached hydrogens (tertiary/aromatic N) is 1. The number of rotatable bonds is 3. The third-order valence-electron chi connectivity index (χ3n) is 3.99. The van der Waals surface area contributed by atoms with Crippen molar-refractivity contribution in [1.29, 1.82) is 0 Å². The Hall–Kier alpha value is -1.24.